The zero-order valence-electron chi connectivity index (χ0n) is 13.0. The lowest BCUT2D eigenvalue weighted by Crippen LogP contribution is -2.27. The van der Waals surface area contributed by atoms with Crippen LogP contribution in [0, 0.1) is 0 Å². The molecule has 0 radical (unpaired) electrons. The van der Waals surface area contributed by atoms with Crippen molar-refractivity contribution in [2.75, 3.05) is 6.54 Å². The summed E-state index contributed by atoms with van der Waals surface area (Å²) >= 11 is 0. The Labute approximate surface area is 122 Å². The van der Waals surface area contributed by atoms with Gasteiger partial charge in [0.25, 0.3) is 5.91 Å². The molecule has 4 nitrogen and oxygen atoms in total. The van der Waals surface area contributed by atoms with Gasteiger partial charge < -0.3 is 10.1 Å². The number of ether oxygens (including phenoxy) is 1. The molecule has 0 saturated carbocycles. The van der Waals surface area contributed by atoms with Crippen molar-refractivity contribution >= 4 is 11.9 Å². The fourth-order valence-electron chi connectivity index (χ4n) is 1.56. The minimum absolute atomic E-state index is 0.151. The van der Waals surface area contributed by atoms with Crippen molar-refractivity contribution in [3.63, 3.8) is 0 Å². The van der Waals surface area contributed by atoms with Crippen LogP contribution in [0.4, 0.5) is 0 Å². The van der Waals surface area contributed by atoms with E-state index in [0.717, 1.165) is 12.8 Å². The monoisotopic (exact) mass is 281 g/mol. The van der Waals surface area contributed by atoms with Crippen molar-refractivity contribution in [1.82, 2.24) is 5.32 Å². The molecule has 20 heavy (non-hydrogen) atoms. The van der Waals surface area contributed by atoms with Crippen LogP contribution in [0.5, 0.6) is 0 Å². The summed E-state index contributed by atoms with van der Waals surface area (Å²) in [5.74, 6) is -1.11. The summed E-state index contributed by atoms with van der Waals surface area (Å²) in [4.78, 5) is 23.1. The van der Waals surface area contributed by atoms with Crippen LogP contribution < -0.4 is 5.32 Å². The van der Waals surface area contributed by atoms with Crippen LogP contribution in [0.15, 0.2) is 24.0 Å². The van der Waals surface area contributed by atoms with Gasteiger partial charge >= 0.3 is 5.97 Å². The molecule has 1 amide bonds. The number of allylic oxidation sites excluding steroid dienone is 1. The number of unbranched alkanes of at least 4 members (excludes halogenated alkanes) is 5. The maximum Gasteiger partial charge on any atom is 0.338 e. The fraction of sp³-hybridized carbons (Fsp3) is 0.625. The van der Waals surface area contributed by atoms with Crippen LogP contribution in [0.25, 0.3) is 0 Å². The zero-order valence-corrected chi connectivity index (χ0v) is 13.0. The predicted octanol–water partition coefficient (Wildman–Crippen LogP) is 3.49. The van der Waals surface area contributed by atoms with E-state index in [4.69, 9.17) is 4.74 Å². The van der Waals surface area contributed by atoms with Crippen molar-refractivity contribution < 1.29 is 14.3 Å². The van der Waals surface area contributed by atoms with E-state index in [1.807, 2.05) is 0 Å². The maximum absolute atomic E-state index is 11.6. The smallest absolute Gasteiger partial charge is 0.338 e. The number of amides is 1. The Hall–Kier alpha value is -1.58. The normalized spacial score (nSPS) is 11.1. The van der Waals surface area contributed by atoms with Gasteiger partial charge in [-0.3, -0.25) is 4.79 Å². The lowest BCUT2D eigenvalue weighted by Gasteiger charge is -2.08. The highest BCUT2D eigenvalue weighted by Gasteiger charge is 2.13. The SMILES string of the molecule is C=C(OC(=O)/C(C)=C/C)C(=O)NCCCCCCCC. The third-order valence-corrected chi connectivity index (χ3v) is 3.04. The van der Waals surface area contributed by atoms with Gasteiger partial charge in [-0.25, -0.2) is 4.79 Å². The van der Waals surface area contributed by atoms with Gasteiger partial charge in [0.15, 0.2) is 5.76 Å². The first-order valence-electron chi connectivity index (χ1n) is 7.35. The lowest BCUT2D eigenvalue weighted by molar-refractivity contribution is -0.139. The van der Waals surface area contributed by atoms with E-state index in [9.17, 15) is 9.59 Å². The van der Waals surface area contributed by atoms with E-state index in [1.165, 1.54) is 25.7 Å². The summed E-state index contributed by atoms with van der Waals surface area (Å²) in [5, 5.41) is 2.70. The highest BCUT2D eigenvalue weighted by Crippen LogP contribution is 2.05. The Kier molecular flexibility index (Phi) is 10.4. The molecule has 4 heteroatoms. The predicted molar refractivity (Wildman–Crippen MR) is 81.0 cm³/mol. The van der Waals surface area contributed by atoms with Crippen molar-refractivity contribution in [1.29, 1.82) is 0 Å². The number of rotatable bonds is 10. The second kappa shape index (κ2) is 11.3. The molecule has 0 saturated heterocycles. The Morgan fingerprint density at radius 2 is 1.75 bits per heavy atom. The van der Waals surface area contributed by atoms with Crippen LogP contribution in [0.2, 0.25) is 0 Å². The third kappa shape index (κ3) is 8.51. The average Bonchev–Trinajstić information content (AvgIpc) is 2.44. The molecule has 0 fully saturated rings. The molecule has 0 aliphatic rings. The molecule has 0 heterocycles. The summed E-state index contributed by atoms with van der Waals surface area (Å²) < 4.78 is 4.86. The van der Waals surface area contributed by atoms with Gasteiger partial charge in [-0.15, -0.1) is 0 Å². The van der Waals surface area contributed by atoms with E-state index < -0.39 is 11.9 Å². The molecule has 1 N–H and O–H groups in total. The Bertz CT molecular complexity index is 359. The number of nitrogens with one attached hydrogen (secondary N) is 1. The number of carbonyl (C=O) groups excluding carboxylic acids is 2. The lowest BCUT2D eigenvalue weighted by atomic mass is 10.1. The number of hydrogen-bond donors (Lipinski definition) is 1. The first-order valence-corrected chi connectivity index (χ1v) is 7.35. The topological polar surface area (TPSA) is 55.4 Å². The molecule has 114 valence electrons. The van der Waals surface area contributed by atoms with E-state index in [-0.39, 0.29) is 5.76 Å². The summed E-state index contributed by atoms with van der Waals surface area (Å²) in [6.07, 6.45) is 8.60. The highest BCUT2D eigenvalue weighted by atomic mass is 16.5. The van der Waals surface area contributed by atoms with Gasteiger partial charge in [-0.05, 0) is 20.3 Å². The van der Waals surface area contributed by atoms with E-state index >= 15 is 0 Å². The van der Waals surface area contributed by atoms with Gasteiger partial charge in [0, 0.05) is 12.1 Å². The largest absolute Gasteiger partial charge is 0.418 e. The molecule has 0 aromatic rings. The van der Waals surface area contributed by atoms with Gasteiger partial charge in [-0.2, -0.15) is 0 Å². The van der Waals surface area contributed by atoms with E-state index in [2.05, 4.69) is 18.8 Å². The standard InChI is InChI=1S/C16H27NO3/c1-5-7-8-9-10-11-12-17-15(18)14(4)20-16(19)13(3)6-2/h6H,4-5,7-12H2,1-3H3,(H,17,18)/b13-6+. The maximum atomic E-state index is 11.6. The molecular formula is C16H27NO3. The van der Waals surface area contributed by atoms with E-state index in [1.54, 1.807) is 19.9 Å². The van der Waals surface area contributed by atoms with Gasteiger partial charge in [0.2, 0.25) is 0 Å². The summed E-state index contributed by atoms with van der Waals surface area (Å²) in [5.41, 5.74) is 0.454. The second-order valence-electron chi connectivity index (χ2n) is 4.81. The molecule has 0 atom stereocenters. The van der Waals surface area contributed by atoms with Gasteiger partial charge in [-0.1, -0.05) is 51.7 Å². The van der Waals surface area contributed by atoms with Crippen molar-refractivity contribution in [3.8, 4) is 0 Å². The Morgan fingerprint density at radius 1 is 1.15 bits per heavy atom. The van der Waals surface area contributed by atoms with Gasteiger partial charge in [0.1, 0.15) is 0 Å². The quantitative estimate of drug-likeness (QED) is 0.289. The Balaban J connectivity index is 3.76. The highest BCUT2D eigenvalue weighted by molar-refractivity contribution is 5.96. The molecule has 0 unspecified atom stereocenters. The molecule has 0 bridgehead atoms. The summed E-state index contributed by atoms with van der Waals surface area (Å²) in [6, 6.07) is 0. The fourth-order valence-corrected chi connectivity index (χ4v) is 1.56. The minimum Gasteiger partial charge on any atom is -0.418 e. The molecule has 0 aromatic heterocycles. The number of hydrogen-bond acceptors (Lipinski definition) is 3. The van der Waals surface area contributed by atoms with Crippen LogP contribution >= 0.6 is 0 Å². The molecule has 0 aliphatic carbocycles. The number of carbonyl (C=O) groups is 2. The average molecular weight is 281 g/mol. The molecule has 0 rings (SSSR count). The van der Waals surface area contributed by atoms with Crippen LogP contribution in [-0.2, 0) is 14.3 Å². The molecule has 0 aliphatic heterocycles. The first-order chi connectivity index (χ1) is 9.52. The Morgan fingerprint density at radius 3 is 2.35 bits per heavy atom. The first kappa shape index (κ1) is 18.4. The van der Waals surface area contributed by atoms with Crippen LogP contribution in [-0.4, -0.2) is 18.4 Å². The number of esters is 1. The van der Waals surface area contributed by atoms with Crippen molar-refractivity contribution in [3.05, 3.63) is 24.0 Å². The third-order valence-electron chi connectivity index (χ3n) is 3.04. The second-order valence-corrected chi connectivity index (χ2v) is 4.81. The summed E-state index contributed by atoms with van der Waals surface area (Å²) in [6.45, 7) is 9.60. The van der Waals surface area contributed by atoms with Gasteiger partial charge in [0.05, 0.1) is 0 Å². The van der Waals surface area contributed by atoms with Crippen molar-refractivity contribution in [2.24, 2.45) is 0 Å². The minimum atomic E-state index is -0.535. The van der Waals surface area contributed by atoms with Crippen LogP contribution in [0.1, 0.15) is 59.3 Å². The van der Waals surface area contributed by atoms with E-state index in [0.29, 0.717) is 12.1 Å². The zero-order chi connectivity index (χ0) is 15.4. The van der Waals surface area contributed by atoms with Crippen molar-refractivity contribution in [2.45, 2.75) is 59.3 Å². The molecular weight excluding hydrogens is 254 g/mol. The summed E-state index contributed by atoms with van der Waals surface area (Å²) in [7, 11) is 0. The molecule has 0 aromatic carbocycles. The van der Waals surface area contributed by atoms with Crippen LogP contribution in [0.3, 0.4) is 0 Å². The molecule has 0 spiro atoms.